The van der Waals surface area contributed by atoms with Gasteiger partial charge in [0, 0.05) is 22.1 Å². The number of hydrogen-bond acceptors (Lipinski definition) is 1. The van der Waals surface area contributed by atoms with Gasteiger partial charge in [-0.05, 0) is 44.7 Å². The van der Waals surface area contributed by atoms with Gasteiger partial charge in [0.15, 0.2) is 0 Å². The quantitative estimate of drug-likeness (QED) is 0.840. The number of nitrogens with one attached hydrogen (secondary N) is 1. The Bertz CT molecular complexity index is 401. The highest BCUT2D eigenvalue weighted by Crippen LogP contribution is 2.29. The van der Waals surface area contributed by atoms with Gasteiger partial charge in [-0.3, -0.25) is 0 Å². The van der Waals surface area contributed by atoms with E-state index in [0.29, 0.717) is 6.04 Å². The first-order chi connectivity index (χ1) is 8.58. The van der Waals surface area contributed by atoms with Gasteiger partial charge in [-0.15, -0.1) is 0 Å². The van der Waals surface area contributed by atoms with Crippen LogP contribution in [0.2, 0.25) is 0 Å². The largest absolute Gasteiger partial charge is 0.307 e. The lowest BCUT2D eigenvalue weighted by atomic mass is 9.97. The SMILES string of the molecule is CC(N[C@@H](C)C1CCCC1)c1ccc(Br)cc1F. The predicted octanol–water partition coefficient (Wildman–Crippen LogP) is 4.82. The van der Waals surface area contributed by atoms with Gasteiger partial charge in [-0.1, -0.05) is 34.8 Å². The van der Waals surface area contributed by atoms with E-state index in [2.05, 4.69) is 28.2 Å². The summed E-state index contributed by atoms with van der Waals surface area (Å²) in [6, 6.07) is 5.82. The van der Waals surface area contributed by atoms with Crippen molar-refractivity contribution in [3.63, 3.8) is 0 Å². The van der Waals surface area contributed by atoms with Crippen LogP contribution in [0.3, 0.4) is 0 Å². The topological polar surface area (TPSA) is 12.0 Å². The lowest BCUT2D eigenvalue weighted by Crippen LogP contribution is -2.34. The molecule has 1 N–H and O–H groups in total. The second kappa shape index (κ2) is 6.16. The Labute approximate surface area is 117 Å². The van der Waals surface area contributed by atoms with E-state index >= 15 is 0 Å². The molecule has 1 nitrogen and oxygen atoms in total. The monoisotopic (exact) mass is 313 g/mol. The van der Waals surface area contributed by atoms with Crippen molar-refractivity contribution >= 4 is 15.9 Å². The van der Waals surface area contributed by atoms with Crippen LogP contribution in [0.4, 0.5) is 4.39 Å². The van der Waals surface area contributed by atoms with Crippen LogP contribution in [0.1, 0.15) is 51.1 Å². The molecule has 2 rings (SSSR count). The molecular formula is C15H21BrFN. The summed E-state index contributed by atoms with van der Waals surface area (Å²) in [6.45, 7) is 4.26. The Hall–Kier alpha value is -0.410. The van der Waals surface area contributed by atoms with Gasteiger partial charge in [0.25, 0.3) is 0 Å². The average Bonchev–Trinajstić information content (AvgIpc) is 2.81. The van der Waals surface area contributed by atoms with Crippen molar-refractivity contribution < 1.29 is 4.39 Å². The summed E-state index contributed by atoms with van der Waals surface area (Å²) in [6.07, 6.45) is 5.31. The molecule has 0 aromatic heterocycles. The molecule has 2 atom stereocenters. The minimum Gasteiger partial charge on any atom is -0.307 e. The lowest BCUT2D eigenvalue weighted by molar-refractivity contribution is 0.348. The summed E-state index contributed by atoms with van der Waals surface area (Å²) in [7, 11) is 0. The smallest absolute Gasteiger partial charge is 0.129 e. The first kappa shape index (κ1) is 14.0. The van der Waals surface area contributed by atoms with Crippen LogP contribution in [0.15, 0.2) is 22.7 Å². The summed E-state index contributed by atoms with van der Waals surface area (Å²) in [5.74, 6) is 0.619. The van der Waals surface area contributed by atoms with Crippen molar-refractivity contribution in [1.29, 1.82) is 0 Å². The van der Waals surface area contributed by atoms with Gasteiger partial charge < -0.3 is 5.32 Å². The van der Waals surface area contributed by atoms with E-state index in [9.17, 15) is 4.39 Å². The van der Waals surface area contributed by atoms with E-state index in [0.717, 1.165) is 16.0 Å². The van der Waals surface area contributed by atoms with Crippen LogP contribution in [0.25, 0.3) is 0 Å². The number of benzene rings is 1. The number of halogens is 2. The van der Waals surface area contributed by atoms with Crippen molar-refractivity contribution in [1.82, 2.24) is 5.32 Å². The molecule has 1 aromatic carbocycles. The molecule has 1 aliphatic rings. The van der Waals surface area contributed by atoms with E-state index < -0.39 is 0 Å². The van der Waals surface area contributed by atoms with E-state index in [1.807, 2.05) is 19.1 Å². The van der Waals surface area contributed by atoms with Crippen molar-refractivity contribution in [2.75, 3.05) is 0 Å². The highest BCUT2D eigenvalue weighted by Gasteiger charge is 2.23. The molecule has 100 valence electrons. The number of hydrogen-bond donors (Lipinski definition) is 1. The summed E-state index contributed by atoms with van der Waals surface area (Å²) in [5, 5.41) is 3.54. The molecular weight excluding hydrogens is 293 g/mol. The Morgan fingerprint density at radius 2 is 1.94 bits per heavy atom. The molecule has 0 amide bonds. The summed E-state index contributed by atoms with van der Waals surface area (Å²) in [5.41, 5.74) is 0.753. The molecule has 3 heteroatoms. The average molecular weight is 314 g/mol. The molecule has 1 fully saturated rings. The zero-order valence-electron chi connectivity index (χ0n) is 11.0. The third kappa shape index (κ3) is 3.33. The Morgan fingerprint density at radius 3 is 2.56 bits per heavy atom. The third-order valence-corrected chi connectivity index (χ3v) is 4.54. The maximum Gasteiger partial charge on any atom is 0.129 e. The molecule has 1 aromatic rings. The molecule has 0 aliphatic heterocycles. The molecule has 18 heavy (non-hydrogen) atoms. The third-order valence-electron chi connectivity index (χ3n) is 4.05. The van der Waals surface area contributed by atoms with E-state index in [4.69, 9.17) is 0 Å². The van der Waals surface area contributed by atoms with Crippen LogP contribution in [-0.2, 0) is 0 Å². The Balaban J connectivity index is 2.00. The predicted molar refractivity (Wildman–Crippen MR) is 77.1 cm³/mol. The minimum atomic E-state index is -0.136. The zero-order chi connectivity index (χ0) is 13.1. The van der Waals surface area contributed by atoms with Crippen molar-refractivity contribution in [2.24, 2.45) is 5.92 Å². The van der Waals surface area contributed by atoms with Gasteiger partial charge >= 0.3 is 0 Å². The molecule has 1 aliphatic carbocycles. The summed E-state index contributed by atoms with van der Waals surface area (Å²) < 4.78 is 14.6. The van der Waals surface area contributed by atoms with E-state index in [1.165, 1.54) is 31.7 Å². The zero-order valence-corrected chi connectivity index (χ0v) is 12.6. The van der Waals surface area contributed by atoms with Crippen LogP contribution in [-0.4, -0.2) is 6.04 Å². The fraction of sp³-hybridized carbons (Fsp3) is 0.600. The van der Waals surface area contributed by atoms with Gasteiger partial charge in [-0.2, -0.15) is 0 Å². The maximum absolute atomic E-state index is 13.9. The van der Waals surface area contributed by atoms with Gasteiger partial charge in [0.2, 0.25) is 0 Å². The fourth-order valence-electron chi connectivity index (χ4n) is 2.93. The van der Waals surface area contributed by atoms with Crippen molar-refractivity contribution in [2.45, 2.75) is 51.6 Å². The second-order valence-corrected chi connectivity index (χ2v) is 6.30. The molecule has 0 bridgehead atoms. The molecule has 1 saturated carbocycles. The van der Waals surface area contributed by atoms with Crippen molar-refractivity contribution in [3.05, 3.63) is 34.1 Å². The standard InChI is InChI=1S/C15H21BrFN/c1-10(12-5-3-4-6-12)18-11(2)14-8-7-13(16)9-15(14)17/h7-12,18H,3-6H2,1-2H3/t10-,11?/m0/s1. The van der Waals surface area contributed by atoms with Crippen molar-refractivity contribution in [3.8, 4) is 0 Å². The van der Waals surface area contributed by atoms with Gasteiger partial charge in [0.1, 0.15) is 5.82 Å². The van der Waals surface area contributed by atoms with Crippen LogP contribution >= 0.6 is 15.9 Å². The molecule has 1 unspecified atom stereocenters. The maximum atomic E-state index is 13.9. The highest BCUT2D eigenvalue weighted by atomic mass is 79.9. The molecule has 0 saturated heterocycles. The normalized spacial score (nSPS) is 20.0. The number of rotatable bonds is 4. The summed E-state index contributed by atoms with van der Waals surface area (Å²) >= 11 is 3.29. The Kier molecular flexibility index (Phi) is 4.79. The Morgan fingerprint density at radius 1 is 1.28 bits per heavy atom. The minimum absolute atomic E-state index is 0.0636. The highest BCUT2D eigenvalue weighted by molar-refractivity contribution is 9.10. The second-order valence-electron chi connectivity index (χ2n) is 5.39. The molecule has 0 spiro atoms. The molecule has 0 heterocycles. The van der Waals surface area contributed by atoms with Crippen LogP contribution < -0.4 is 5.32 Å². The van der Waals surface area contributed by atoms with Crippen LogP contribution in [0, 0.1) is 11.7 Å². The van der Waals surface area contributed by atoms with Gasteiger partial charge in [-0.25, -0.2) is 4.39 Å². The fourth-order valence-corrected chi connectivity index (χ4v) is 3.26. The summed E-state index contributed by atoms with van der Waals surface area (Å²) in [4.78, 5) is 0. The first-order valence-electron chi connectivity index (χ1n) is 6.79. The first-order valence-corrected chi connectivity index (χ1v) is 7.58. The van der Waals surface area contributed by atoms with E-state index in [-0.39, 0.29) is 11.9 Å². The van der Waals surface area contributed by atoms with Crippen LogP contribution in [0.5, 0.6) is 0 Å². The van der Waals surface area contributed by atoms with E-state index in [1.54, 1.807) is 0 Å². The molecule has 0 radical (unpaired) electrons. The lowest BCUT2D eigenvalue weighted by Gasteiger charge is -2.25. The van der Waals surface area contributed by atoms with Gasteiger partial charge in [0.05, 0.1) is 0 Å².